The Balaban J connectivity index is 1.63. The maximum Gasteiger partial charge on any atom is 0.337 e. The van der Waals surface area contributed by atoms with Crippen molar-refractivity contribution in [2.75, 3.05) is 6.61 Å². The van der Waals surface area contributed by atoms with Crippen molar-refractivity contribution in [3.05, 3.63) is 47.2 Å². The summed E-state index contributed by atoms with van der Waals surface area (Å²) < 4.78 is 29.9. The highest BCUT2D eigenvalue weighted by molar-refractivity contribution is 7.80. The Bertz CT molecular complexity index is 874. The van der Waals surface area contributed by atoms with Crippen LogP contribution in [0.2, 0.25) is 0 Å². The van der Waals surface area contributed by atoms with Gasteiger partial charge in [-0.15, -0.1) is 0 Å². The second-order valence-corrected chi connectivity index (χ2v) is 8.57. The van der Waals surface area contributed by atoms with Crippen LogP contribution in [0.25, 0.3) is 0 Å². The number of esters is 1. The zero-order chi connectivity index (χ0) is 22.2. The van der Waals surface area contributed by atoms with Crippen LogP contribution in [-0.4, -0.2) is 54.1 Å². The normalized spacial score (nSPS) is 31.7. The maximum atomic E-state index is 12.8. The number of hydrogen-bond donors (Lipinski definition) is 2. The zero-order valence-electron chi connectivity index (χ0n) is 18.0. The maximum absolute atomic E-state index is 12.8. The van der Waals surface area contributed by atoms with E-state index in [1.54, 1.807) is 13.8 Å². The molecule has 0 amide bonds. The highest BCUT2D eigenvalue weighted by atomic mass is 32.1. The van der Waals surface area contributed by atoms with Gasteiger partial charge >= 0.3 is 5.97 Å². The molecule has 168 valence electrons. The monoisotopic (exact) mass is 448 g/mol. The number of carbonyl (C=O) groups excluding carboxylic acids is 1. The number of hydrogen-bond acceptors (Lipinski definition) is 7. The smallest absolute Gasteiger partial charge is 0.337 e. The molecule has 0 spiro atoms. The third-order valence-electron chi connectivity index (χ3n) is 5.44. The minimum atomic E-state index is -0.790. The first-order valence-electron chi connectivity index (χ1n) is 10.4. The van der Waals surface area contributed by atoms with E-state index in [2.05, 4.69) is 10.6 Å². The number of allylic oxidation sites excluding steroid dienone is 1. The molecule has 2 N–H and O–H groups in total. The van der Waals surface area contributed by atoms with Crippen molar-refractivity contribution < 1.29 is 28.5 Å². The highest BCUT2D eigenvalue weighted by Gasteiger charge is 2.58. The summed E-state index contributed by atoms with van der Waals surface area (Å²) in [5.41, 5.74) is 2.07. The molecule has 0 radical (unpaired) electrons. The summed E-state index contributed by atoms with van der Waals surface area (Å²) in [7, 11) is 0. The van der Waals surface area contributed by atoms with Gasteiger partial charge in [0.2, 0.25) is 0 Å². The lowest BCUT2D eigenvalue weighted by Gasteiger charge is -2.36. The Morgan fingerprint density at radius 2 is 1.94 bits per heavy atom. The Morgan fingerprint density at radius 1 is 1.19 bits per heavy atom. The first-order chi connectivity index (χ1) is 14.8. The van der Waals surface area contributed by atoms with Crippen LogP contribution in [0.5, 0.6) is 0 Å². The summed E-state index contributed by atoms with van der Waals surface area (Å²) in [6.45, 7) is 7.86. The van der Waals surface area contributed by atoms with Crippen LogP contribution in [0, 0.1) is 0 Å². The molecule has 1 unspecified atom stereocenters. The summed E-state index contributed by atoms with van der Waals surface area (Å²) >= 11 is 5.35. The second kappa shape index (κ2) is 8.84. The minimum absolute atomic E-state index is 0.262. The first-order valence-corrected chi connectivity index (χ1v) is 10.8. The lowest BCUT2D eigenvalue weighted by atomic mass is 9.93. The van der Waals surface area contributed by atoms with E-state index in [4.69, 9.17) is 35.9 Å². The van der Waals surface area contributed by atoms with E-state index >= 15 is 0 Å². The number of ether oxygens (including phenoxy) is 5. The molecule has 0 aromatic heterocycles. The van der Waals surface area contributed by atoms with Crippen LogP contribution in [0.4, 0.5) is 0 Å². The van der Waals surface area contributed by atoms with E-state index in [9.17, 15) is 4.79 Å². The quantitative estimate of drug-likeness (QED) is 0.502. The summed E-state index contributed by atoms with van der Waals surface area (Å²) in [4.78, 5) is 12.8. The number of carbonyl (C=O) groups is 1. The molecule has 3 aliphatic heterocycles. The van der Waals surface area contributed by atoms with E-state index in [-0.39, 0.29) is 6.61 Å². The SMILES string of the molecule is CCOC(=O)C1=C(C)NC(=S)NC1[C@H]1O[C@H]2OC(C)(C)O[C@H]2[C@@H]1OCc1ccccc1. The van der Waals surface area contributed by atoms with Crippen molar-refractivity contribution in [1.82, 2.24) is 10.6 Å². The van der Waals surface area contributed by atoms with Gasteiger partial charge in [-0.1, -0.05) is 30.3 Å². The Labute approximate surface area is 187 Å². The molecule has 0 aliphatic carbocycles. The minimum Gasteiger partial charge on any atom is -0.463 e. The van der Waals surface area contributed by atoms with E-state index in [0.29, 0.717) is 23.0 Å². The molecule has 1 aromatic carbocycles. The van der Waals surface area contributed by atoms with Gasteiger partial charge in [0, 0.05) is 5.70 Å². The first kappa shape index (κ1) is 22.2. The predicted molar refractivity (Wildman–Crippen MR) is 116 cm³/mol. The fourth-order valence-electron chi connectivity index (χ4n) is 4.18. The average Bonchev–Trinajstić information content (AvgIpc) is 3.18. The van der Waals surface area contributed by atoms with E-state index < -0.39 is 42.4 Å². The highest BCUT2D eigenvalue weighted by Crippen LogP contribution is 2.41. The molecule has 3 heterocycles. The van der Waals surface area contributed by atoms with Gasteiger partial charge in [-0.25, -0.2) is 4.79 Å². The lowest BCUT2D eigenvalue weighted by Crippen LogP contribution is -2.58. The summed E-state index contributed by atoms with van der Waals surface area (Å²) in [6, 6.07) is 9.28. The second-order valence-electron chi connectivity index (χ2n) is 8.17. The van der Waals surface area contributed by atoms with E-state index in [1.165, 1.54) is 0 Å². The van der Waals surface area contributed by atoms with Crippen molar-refractivity contribution in [2.45, 2.75) is 70.7 Å². The fraction of sp³-hybridized carbons (Fsp3) is 0.545. The molecule has 5 atom stereocenters. The zero-order valence-corrected chi connectivity index (χ0v) is 18.9. The summed E-state index contributed by atoms with van der Waals surface area (Å²) in [5, 5.41) is 6.56. The van der Waals surface area contributed by atoms with Gasteiger partial charge in [-0.2, -0.15) is 0 Å². The summed E-state index contributed by atoms with van der Waals surface area (Å²) in [6.07, 6.45) is -2.14. The molecule has 4 rings (SSSR count). The Morgan fingerprint density at radius 3 is 2.65 bits per heavy atom. The molecule has 1 aromatic rings. The molecule has 0 saturated carbocycles. The third-order valence-corrected chi connectivity index (χ3v) is 5.66. The molecule has 31 heavy (non-hydrogen) atoms. The number of nitrogens with one attached hydrogen (secondary N) is 2. The number of thiocarbonyl (C=S) groups is 1. The van der Waals surface area contributed by atoms with Gasteiger partial charge in [0.1, 0.15) is 18.3 Å². The molecule has 8 nitrogen and oxygen atoms in total. The molecular formula is C22H28N2O6S. The fourth-order valence-corrected chi connectivity index (χ4v) is 4.46. The van der Waals surface area contributed by atoms with Gasteiger partial charge in [-0.3, -0.25) is 0 Å². The van der Waals surface area contributed by atoms with Crippen molar-refractivity contribution >= 4 is 23.3 Å². The van der Waals surface area contributed by atoms with Gasteiger partial charge in [-0.05, 0) is 45.5 Å². The molecular weight excluding hydrogens is 420 g/mol. The van der Waals surface area contributed by atoms with Gasteiger partial charge < -0.3 is 34.3 Å². The predicted octanol–water partition coefficient (Wildman–Crippen LogP) is 2.13. The van der Waals surface area contributed by atoms with E-state index in [1.807, 2.05) is 44.2 Å². The standard InChI is InChI=1S/C22H28N2O6S/c1-5-26-19(25)14-12(2)23-21(31)24-15(14)16-17(27-11-13-9-7-6-8-10-13)18-20(28-16)30-22(3,4)29-18/h6-10,15-18,20H,5,11H2,1-4H3,(H2,23,24,31)/t15?,16-,17-,18+,20+/m1/s1. The number of benzene rings is 1. The van der Waals surface area contributed by atoms with Crippen molar-refractivity contribution in [2.24, 2.45) is 0 Å². The van der Waals surface area contributed by atoms with Crippen LogP contribution in [0.15, 0.2) is 41.6 Å². The number of fused-ring (bicyclic) bond motifs is 1. The molecule has 3 aliphatic rings. The van der Waals surface area contributed by atoms with Crippen molar-refractivity contribution in [1.29, 1.82) is 0 Å². The average molecular weight is 449 g/mol. The lowest BCUT2D eigenvalue weighted by molar-refractivity contribution is -0.221. The Hall–Kier alpha value is -2.04. The van der Waals surface area contributed by atoms with Crippen molar-refractivity contribution in [3.63, 3.8) is 0 Å². The van der Waals surface area contributed by atoms with Crippen LogP contribution < -0.4 is 10.6 Å². The van der Waals surface area contributed by atoms with Crippen LogP contribution in [0.1, 0.15) is 33.3 Å². The van der Waals surface area contributed by atoms with Crippen molar-refractivity contribution in [3.8, 4) is 0 Å². The van der Waals surface area contributed by atoms with Crippen LogP contribution in [0.3, 0.4) is 0 Å². The van der Waals surface area contributed by atoms with E-state index in [0.717, 1.165) is 5.56 Å². The van der Waals surface area contributed by atoms with Crippen LogP contribution in [-0.2, 0) is 35.1 Å². The molecule has 2 fully saturated rings. The topological polar surface area (TPSA) is 87.3 Å². The number of rotatable bonds is 6. The Kier molecular flexibility index (Phi) is 6.32. The molecule has 9 heteroatoms. The van der Waals surface area contributed by atoms with Gasteiger partial charge in [0.05, 0.1) is 24.8 Å². The van der Waals surface area contributed by atoms with Gasteiger partial charge in [0.15, 0.2) is 17.2 Å². The third kappa shape index (κ3) is 4.61. The van der Waals surface area contributed by atoms with Crippen LogP contribution >= 0.6 is 12.2 Å². The van der Waals surface area contributed by atoms with Gasteiger partial charge in [0.25, 0.3) is 0 Å². The summed E-state index contributed by atoms with van der Waals surface area (Å²) in [5.74, 6) is -1.22. The molecule has 2 saturated heterocycles. The largest absolute Gasteiger partial charge is 0.463 e. The molecule has 0 bridgehead atoms.